The lowest BCUT2D eigenvalue weighted by Crippen LogP contribution is -2.70. The van der Waals surface area contributed by atoms with E-state index in [2.05, 4.69) is 32.6 Å². The highest BCUT2D eigenvalue weighted by molar-refractivity contribution is 5.11. The molecule has 2 unspecified atom stereocenters. The molecule has 0 aromatic rings. The third-order valence-electron chi connectivity index (χ3n) is 4.86. The van der Waals surface area contributed by atoms with Crippen molar-refractivity contribution in [2.75, 3.05) is 13.2 Å². The topological polar surface area (TPSA) is 38.5 Å². The summed E-state index contributed by atoms with van der Waals surface area (Å²) < 4.78 is 5.52. The predicted molar refractivity (Wildman–Crippen MR) is 71.0 cm³/mol. The van der Waals surface area contributed by atoms with Crippen molar-refractivity contribution in [3.63, 3.8) is 0 Å². The Balaban J connectivity index is 2.15. The molecule has 1 saturated heterocycles. The van der Waals surface area contributed by atoms with Gasteiger partial charge in [-0.2, -0.15) is 0 Å². The molecule has 2 N–H and O–H groups in total. The minimum absolute atomic E-state index is 0.340. The van der Waals surface area contributed by atoms with Gasteiger partial charge in [0.15, 0.2) is 0 Å². The van der Waals surface area contributed by atoms with Crippen LogP contribution in [0, 0.1) is 5.41 Å². The van der Waals surface area contributed by atoms with Gasteiger partial charge in [0.2, 0.25) is 0 Å². The molecule has 0 aromatic heterocycles. The first-order valence-corrected chi connectivity index (χ1v) is 7.10. The minimum atomic E-state index is 0.340. The first-order valence-electron chi connectivity index (χ1n) is 7.10. The summed E-state index contributed by atoms with van der Waals surface area (Å²) in [5, 5.41) is 0. The van der Waals surface area contributed by atoms with E-state index in [1.54, 1.807) is 0 Å². The fraction of sp³-hybridized carbons (Fsp3) is 1.00. The van der Waals surface area contributed by atoms with Crippen LogP contribution >= 0.6 is 0 Å². The monoisotopic (exact) mass is 240 g/mol. The van der Waals surface area contributed by atoms with Crippen molar-refractivity contribution in [3.05, 3.63) is 0 Å². The zero-order valence-electron chi connectivity index (χ0n) is 11.8. The van der Waals surface area contributed by atoms with Crippen molar-refractivity contribution in [2.24, 2.45) is 11.1 Å². The van der Waals surface area contributed by atoms with E-state index < -0.39 is 0 Å². The van der Waals surface area contributed by atoms with E-state index in [1.165, 1.54) is 0 Å². The summed E-state index contributed by atoms with van der Waals surface area (Å²) in [5.74, 6) is 0. The van der Waals surface area contributed by atoms with Crippen LogP contribution < -0.4 is 5.73 Å². The number of nitrogens with zero attached hydrogens (tertiary/aromatic N) is 1. The van der Waals surface area contributed by atoms with Crippen LogP contribution in [0.4, 0.5) is 0 Å². The molecule has 2 aliphatic rings. The minimum Gasteiger partial charge on any atom is -0.381 e. The molecular weight excluding hydrogens is 212 g/mol. The second-order valence-corrected chi connectivity index (χ2v) is 6.34. The van der Waals surface area contributed by atoms with Gasteiger partial charge in [-0.15, -0.1) is 0 Å². The van der Waals surface area contributed by atoms with Crippen molar-refractivity contribution in [1.29, 1.82) is 0 Å². The van der Waals surface area contributed by atoms with Crippen LogP contribution in [0.1, 0.15) is 47.0 Å². The molecule has 2 rings (SSSR count). The molecule has 1 spiro atoms. The van der Waals surface area contributed by atoms with E-state index in [9.17, 15) is 0 Å². The fourth-order valence-electron chi connectivity index (χ4n) is 3.99. The largest absolute Gasteiger partial charge is 0.381 e. The first kappa shape index (κ1) is 13.3. The highest BCUT2D eigenvalue weighted by Gasteiger charge is 2.56. The van der Waals surface area contributed by atoms with E-state index in [0.29, 0.717) is 29.6 Å². The molecule has 0 aromatic carbocycles. The Kier molecular flexibility index (Phi) is 3.81. The first-order chi connectivity index (χ1) is 7.99. The van der Waals surface area contributed by atoms with Gasteiger partial charge in [-0.1, -0.05) is 0 Å². The lowest BCUT2D eigenvalue weighted by atomic mass is 9.56. The van der Waals surface area contributed by atoms with Crippen molar-refractivity contribution in [2.45, 2.75) is 71.1 Å². The number of nitrogens with two attached hydrogens (primary N) is 1. The zero-order chi connectivity index (χ0) is 12.6. The van der Waals surface area contributed by atoms with Gasteiger partial charge in [0.05, 0.1) is 0 Å². The van der Waals surface area contributed by atoms with Crippen LogP contribution in [0.25, 0.3) is 0 Å². The average molecular weight is 240 g/mol. The summed E-state index contributed by atoms with van der Waals surface area (Å²) in [6, 6.07) is 2.26. The Labute approximate surface area is 106 Å². The molecule has 1 heterocycles. The van der Waals surface area contributed by atoms with Crippen molar-refractivity contribution in [3.8, 4) is 0 Å². The lowest BCUT2D eigenvalue weighted by molar-refractivity contribution is -0.128. The van der Waals surface area contributed by atoms with Gasteiger partial charge < -0.3 is 10.5 Å². The van der Waals surface area contributed by atoms with Gasteiger partial charge in [-0.25, -0.2) is 0 Å². The Morgan fingerprint density at radius 2 is 1.65 bits per heavy atom. The molecular formula is C14H28N2O. The molecule has 1 aliphatic heterocycles. The van der Waals surface area contributed by atoms with Crippen LogP contribution in [0.2, 0.25) is 0 Å². The van der Waals surface area contributed by atoms with Gasteiger partial charge in [0, 0.05) is 42.8 Å². The zero-order valence-corrected chi connectivity index (χ0v) is 11.8. The fourth-order valence-corrected chi connectivity index (χ4v) is 3.99. The summed E-state index contributed by atoms with van der Waals surface area (Å²) in [6.07, 6.45) is 3.46. The third-order valence-corrected chi connectivity index (χ3v) is 4.86. The summed E-state index contributed by atoms with van der Waals surface area (Å²) >= 11 is 0. The van der Waals surface area contributed by atoms with Crippen molar-refractivity contribution in [1.82, 2.24) is 4.90 Å². The molecule has 1 aliphatic carbocycles. The molecule has 0 bridgehead atoms. The standard InChI is InChI=1S/C14H28N2O/c1-10(2)16(11(3)4)13-9-12(15)14(13)5-7-17-8-6-14/h10-13H,5-9,15H2,1-4H3. The number of hydrogen-bond acceptors (Lipinski definition) is 3. The number of rotatable bonds is 3. The smallest absolute Gasteiger partial charge is 0.0472 e. The highest BCUT2D eigenvalue weighted by Crippen LogP contribution is 2.51. The molecule has 2 atom stereocenters. The van der Waals surface area contributed by atoms with E-state index in [4.69, 9.17) is 10.5 Å². The molecule has 3 nitrogen and oxygen atoms in total. The van der Waals surface area contributed by atoms with Crippen molar-refractivity contribution >= 4 is 0 Å². The molecule has 0 radical (unpaired) electrons. The molecule has 100 valence electrons. The van der Waals surface area contributed by atoms with Gasteiger partial charge in [0.25, 0.3) is 0 Å². The average Bonchev–Trinajstić information content (AvgIpc) is 2.29. The van der Waals surface area contributed by atoms with Crippen LogP contribution in [0.3, 0.4) is 0 Å². The van der Waals surface area contributed by atoms with Crippen LogP contribution in [0.5, 0.6) is 0 Å². The normalized spacial score (nSPS) is 32.5. The van der Waals surface area contributed by atoms with E-state index in [1.807, 2.05) is 0 Å². The summed E-state index contributed by atoms with van der Waals surface area (Å²) in [4.78, 5) is 2.66. The Hall–Kier alpha value is -0.120. The third kappa shape index (κ3) is 2.13. The van der Waals surface area contributed by atoms with Crippen LogP contribution in [0.15, 0.2) is 0 Å². The van der Waals surface area contributed by atoms with Gasteiger partial charge in [0.1, 0.15) is 0 Å². The molecule has 17 heavy (non-hydrogen) atoms. The maximum Gasteiger partial charge on any atom is 0.0472 e. The van der Waals surface area contributed by atoms with Crippen LogP contribution in [-0.4, -0.2) is 42.3 Å². The maximum atomic E-state index is 6.33. The van der Waals surface area contributed by atoms with Crippen molar-refractivity contribution < 1.29 is 4.74 Å². The molecule has 0 amide bonds. The van der Waals surface area contributed by atoms with Gasteiger partial charge in [-0.05, 0) is 47.0 Å². The summed E-state index contributed by atoms with van der Waals surface area (Å²) in [6.45, 7) is 11.0. The molecule has 3 heteroatoms. The van der Waals surface area contributed by atoms with E-state index in [-0.39, 0.29) is 0 Å². The number of ether oxygens (including phenoxy) is 1. The predicted octanol–water partition coefficient (Wildman–Crippen LogP) is 2.00. The van der Waals surface area contributed by atoms with E-state index in [0.717, 1.165) is 32.5 Å². The number of hydrogen-bond donors (Lipinski definition) is 1. The second-order valence-electron chi connectivity index (χ2n) is 6.34. The summed E-state index contributed by atoms with van der Waals surface area (Å²) in [5.41, 5.74) is 6.67. The Bertz CT molecular complexity index is 251. The quantitative estimate of drug-likeness (QED) is 0.820. The second kappa shape index (κ2) is 4.87. The maximum absolute atomic E-state index is 6.33. The highest BCUT2D eigenvalue weighted by atomic mass is 16.5. The molecule has 1 saturated carbocycles. The Morgan fingerprint density at radius 3 is 2.06 bits per heavy atom. The van der Waals surface area contributed by atoms with Gasteiger partial charge in [-0.3, -0.25) is 4.90 Å². The van der Waals surface area contributed by atoms with Crippen LogP contribution in [-0.2, 0) is 4.74 Å². The molecule has 2 fully saturated rings. The Morgan fingerprint density at radius 1 is 1.12 bits per heavy atom. The lowest BCUT2D eigenvalue weighted by Gasteiger charge is -2.61. The SMILES string of the molecule is CC(C)N(C(C)C)C1CC(N)C12CCOCC2. The summed E-state index contributed by atoms with van der Waals surface area (Å²) in [7, 11) is 0. The van der Waals surface area contributed by atoms with Gasteiger partial charge >= 0.3 is 0 Å². The van der Waals surface area contributed by atoms with E-state index >= 15 is 0 Å².